The third-order valence-electron chi connectivity index (χ3n) is 2.62. The van der Waals surface area contributed by atoms with Crippen molar-refractivity contribution in [2.75, 3.05) is 32.8 Å². The molecule has 2 amide bonds. The number of nitrogens with zero attached hydrogens (tertiary/aromatic N) is 1. The van der Waals surface area contributed by atoms with Gasteiger partial charge in [0, 0.05) is 19.1 Å². The Labute approximate surface area is 82.4 Å². The van der Waals surface area contributed by atoms with E-state index >= 15 is 0 Å². The maximum absolute atomic E-state index is 11.4. The van der Waals surface area contributed by atoms with Crippen LogP contribution >= 0.6 is 0 Å². The highest BCUT2D eigenvalue weighted by molar-refractivity contribution is 5.99. The van der Waals surface area contributed by atoms with Crippen molar-refractivity contribution in [2.24, 2.45) is 5.92 Å². The van der Waals surface area contributed by atoms with Crippen molar-refractivity contribution in [3.8, 4) is 0 Å². The fraction of sp³-hybridized carbons (Fsp3) is 0.778. The van der Waals surface area contributed by atoms with Gasteiger partial charge in [-0.25, -0.2) is 0 Å². The molecule has 2 heterocycles. The number of carbonyl (C=O) groups is 2. The molecule has 0 aromatic rings. The summed E-state index contributed by atoms with van der Waals surface area (Å²) in [5.74, 6) is 0.0994. The summed E-state index contributed by atoms with van der Waals surface area (Å²) in [4.78, 5) is 24.1. The summed E-state index contributed by atoms with van der Waals surface area (Å²) in [7, 11) is 0. The van der Waals surface area contributed by atoms with Crippen LogP contribution in [0.25, 0.3) is 0 Å². The zero-order chi connectivity index (χ0) is 9.97. The molecule has 0 saturated carbocycles. The number of hydrogen-bond donors (Lipinski definition) is 1. The van der Waals surface area contributed by atoms with Crippen LogP contribution in [0.1, 0.15) is 6.42 Å². The summed E-state index contributed by atoms with van der Waals surface area (Å²) in [5, 5.41) is 2.77. The van der Waals surface area contributed by atoms with E-state index in [4.69, 9.17) is 4.74 Å². The number of nitrogens with one attached hydrogen (secondary N) is 1. The highest BCUT2D eigenvalue weighted by atomic mass is 16.5. The fourth-order valence-corrected chi connectivity index (χ4v) is 1.80. The maximum atomic E-state index is 11.4. The van der Waals surface area contributed by atoms with Gasteiger partial charge in [-0.15, -0.1) is 0 Å². The number of rotatable bonds is 2. The van der Waals surface area contributed by atoms with Crippen LogP contribution in [0.5, 0.6) is 0 Å². The van der Waals surface area contributed by atoms with Crippen molar-refractivity contribution in [1.29, 1.82) is 0 Å². The lowest BCUT2D eigenvalue weighted by Gasteiger charge is -2.27. The summed E-state index contributed by atoms with van der Waals surface area (Å²) in [6, 6.07) is 0. The van der Waals surface area contributed by atoms with E-state index in [-0.39, 0.29) is 24.9 Å². The molecule has 2 rings (SSSR count). The second-order valence-electron chi connectivity index (χ2n) is 3.73. The molecule has 0 aliphatic carbocycles. The zero-order valence-electron chi connectivity index (χ0n) is 7.99. The molecule has 0 spiro atoms. The molecule has 2 saturated heterocycles. The van der Waals surface area contributed by atoms with Gasteiger partial charge in [0.1, 0.15) is 0 Å². The minimum Gasteiger partial charge on any atom is -0.381 e. The summed E-state index contributed by atoms with van der Waals surface area (Å²) >= 11 is 0. The molecule has 2 aliphatic heterocycles. The molecular formula is C9H14N2O3. The zero-order valence-corrected chi connectivity index (χ0v) is 7.99. The molecule has 5 nitrogen and oxygen atoms in total. The van der Waals surface area contributed by atoms with Crippen molar-refractivity contribution in [3.05, 3.63) is 0 Å². The first-order chi connectivity index (χ1) is 6.77. The van der Waals surface area contributed by atoms with Crippen LogP contribution in [0, 0.1) is 5.92 Å². The van der Waals surface area contributed by atoms with E-state index in [0.29, 0.717) is 19.1 Å². The molecule has 0 bridgehead atoms. The quantitative estimate of drug-likeness (QED) is 0.577. The van der Waals surface area contributed by atoms with Gasteiger partial charge in [0.25, 0.3) is 0 Å². The number of hydrogen-bond acceptors (Lipinski definition) is 4. The molecule has 78 valence electrons. The Morgan fingerprint density at radius 3 is 2.64 bits per heavy atom. The van der Waals surface area contributed by atoms with Gasteiger partial charge in [-0.2, -0.15) is 0 Å². The van der Waals surface area contributed by atoms with Crippen LogP contribution in [0.2, 0.25) is 0 Å². The number of ether oxygens (including phenoxy) is 1. The third kappa shape index (κ3) is 1.93. The molecule has 1 unspecified atom stereocenters. The number of imide groups is 1. The highest BCUT2D eigenvalue weighted by Crippen LogP contribution is 2.14. The molecule has 0 radical (unpaired) electrons. The summed E-state index contributed by atoms with van der Waals surface area (Å²) in [5.41, 5.74) is 0. The van der Waals surface area contributed by atoms with Crippen LogP contribution < -0.4 is 5.32 Å². The minimum atomic E-state index is -0.117. The standard InChI is InChI=1S/C9H14N2O3/c12-8-3-10-4-9(13)11(8)5-7-1-2-14-6-7/h7,10H,1-6H2. The predicted octanol–water partition coefficient (Wildman–Crippen LogP) is -1.02. The number of piperazine rings is 1. The molecule has 1 N–H and O–H groups in total. The number of carbonyl (C=O) groups excluding carboxylic acids is 2. The normalized spacial score (nSPS) is 28.6. The van der Waals surface area contributed by atoms with Crippen molar-refractivity contribution < 1.29 is 14.3 Å². The molecule has 0 aromatic carbocycles. The fourth-order valence-electron chi connectivity index (χ4n) is 1.80. The van der Waals surface area contributed by atoms with Crippen LogP contribution in [0.15, 0.2) is 0 Å². The van der Waals surface area contributed by atoms with Crippen molar-refractivity contribution in [3.63, 3.8) is 0 Å². The van der Waals surface area contributed by atoms with Crippen LogP contribution in [-0.4, -0.2) is 49.6 Å². The Morgan fingerprint density at radius 1 is 1.36 bits per heavy atom. The van der Waals surface area contributed by atoms with Crippen LogP contribution in [-0.2, 0) is 14.3 Å². The Kier molecular flexibility index (Phi) is 2.79. The van der Waals surface area contributed by atoms with E-state index < -0.39 is 0 Å². The second-order valence-corrected chi connectivity index (χ2v) is 3.73. The molecule has 14 heavy (non-hydrogen) atoms. The average molecular weight is 198 g/mol. The molecule has 5 heteroatoms. The van der Waals surface area contributed by atoms with Gasteiger partial charge in [-0.1, -0.05) is 0 Å². The molecule has 0 aromatic heterocycles. The van der Waals surface area contributed by atoms with Gasteiger partial charge in [-0.3, -0.25) is 19.8 Å². The summed E-state index contributed by atoms with van der Waals surface area (Å²) in [6.07, 6.45) is 0.949. The van der Waals surface area contributed by atoms with Gasteiger partial charge >= 0.3 is 0 Å². The van der Waals surface area contributed by atoms with E-state index in [2.05, 4.69) is 5.32 Å². The van der Waals surface area contributed by atoms with E-state index in [9.17, 15) is 9.59 Å². The van der Waals surface area contributed by atoms with Gasteiger partial charge in [0.05, 0.1) is 19.7 Å². The minimum absolute atomic E-state index is 0.117. The Morgan fingerprint density at radius 2 is 2.07 bits per heavy atom. The lowest BCUT2D eigenvalue weighted by atomic mass is 10.1. The smallest absolute Gasteiger partial charge is 0.243 e. The largest absolute Gasteiger partial charge is 0.381 e. The van der Waals surface area contributed by atoms with Gasteiger partial charge < -0.3 is 4.74 Å². The van der Waals surface area contributed by atoms with Crippen molar-refractivity contribution in [1.82, 2.24) is 10.2 Å². The highest BCUT2D eigenvalue weighted by Gasteiger charge is 2.29. The lowest BCUT2D eigenvalue weighted by Crippen LogP contribution is -2.53. The Balaban J connectivity index is 1.93. The van der Waals surface area contributed by atoms with Gasteiger partial charge in [0.2, 0.25) is 11.8 Å². The molecule has 2 fully saturated rings. The first-order valence-electron chi connectivity index (χ1n) is 4.89. The van der Waals surface area contributed by atoms with Crippen LogP contribution in [0.3, 0.4) is 0 Å². The van der Waals surface area contributed by atoms with E-state index in [1.807, 2.05) is 0 Å². The van der Waals surface area contributed by atoms with Gasteiger partial charge in [-0.05, 0) is 6.42 Å². The van der Waals surface area contributed by atoms with E-state index in [0.717, 1.165) is 13.0 Å². The number of amides is 2. The lowest BCUT2D eigenvalue weighted by molar-refractivity contribution is -0.147. The average Bonchev–Trinajstić information content (AvgIpc) is 2.64. The predicted molar refractivity (Wildman–Crippen MR) is 48.5 cm³/mol. The van der Waals surface area contributed by atoms with Crippen molar-refractivity contribution >= 4 is 11.8 Å². The maximum Gasteiger partial charge on any atom is 0.243 e. The second kappa shape index (κ2) is 4.06. The van der Waals surface area contributed by atoms with Crippen LogP contribution in [0.4, 0.5) is 0 Å². The summed E-state index contributed by atoms with van der Waals surface area (Å²) in [6.45, 7) is 2.50. The first kappa shape index (κ1) is 9.61. The SMILES string of the molecule is O=C1CNCC(=O)N1CC1CCOC1. The molecule has 2 aliphatic rings. The van der Waals surface area contributed by atoms with E-state index in [1.54, 1.807) is 0 Å². The first-order valence-corrected chi connectivity index (χ1v) is 4.89. The van der Waals surface area contributed by atoms with E-state index in [1.165, 1.54) is 4.90 Å². The Hall–Kier alpha value is -0.940. The molecule has 1 atom stereocenters. The monoisotopic (exact) mass is 198 g/mol. The summed E-state index contributed by atoms with van der Waals surface area (Å²) < 4.78 is 5.20. The Bertz CT molecular complexity index is 232. The molecular weight excluding hydrogens is 184 g/mol. The van der Waals surface area contributed by atoms with Crippen molar-refractivity contribution in [2.45, 2.75) is 6.42 Å². The third-order valence-corrected chi connectivity index (χ3v) is 2.62. The topological polar surface area (TPSA) is 58.6 Å². The van der Waals surface area contributed by atoms with Gasteiger partial charge in [0.15, 0.2) is 0 Å².